The molecule has 0 saturated carbocycles. The molecular formula is C12H11N5. The van der Waals surface area contributed by atoms with Gasteiger partial charge >= 0.3 is 0 Å². The topological polar surface area (TPSA) is 61.5 Å². The Morgan fingerprint density at radius 2 is 1.35 bits per heavy atom. The lowest BCUT2D eigenvalue weighted by atomic mass is 10.3. The molecular weight excluding hydrogens is 214 g/mol. The monoisotopic (exact) mass is 225 g/mol. The second-order valence-corrected chi connectivity index (χ2v) is 3.19. The van der Waals surface area contributed by atoms with Gasteiger partial charge in [0, 0.05) is 0 Å². The van der Waals surface area contributed by atoms with Crippen molar-refractivity contribution in [3.8, 4) is 0 Å². The van der Waals surface area contributed by atoms with Gasteiger partial charge in [-0.3, -0.25) is 5.43 Å². The lowest BCUT2D eigenvalue weighted by molar-refractivity contribution is 0.925. The first kappa shape index (κ1) is 10.9. The summed E-state index contributed by atoms with van der Waals surface area (Å²) in [6.07, 6.45) is 0. The lowest BCUT2D eigenvalue weighted by Crippen LogP contribution is -1.83. The van der Waals surface area contributed by atoms with Gasteiger partial charge < -0.3 is 0 Å². The second kappa shape index (κ2) is 6.12. The van der Waals surface area contributed by atoms with Gasteiger partial charge in [-0.05, 0) is 39.9 Å². The maximum atomic E-state index is 3.86. The van der Waals surface area contributed by atoms with Crippen LogP contribution in [0.5, 0.6) is 0 Å². The third-order valence-corrected chi connectivity index (χ3v) is 1.95. The maximum Gasteiger partial charge on any atom is 0.0875 e. The Hall–Kier alpha value is -2.56. The summed E-state index contributed by atoms with van der Waals surface area (Å²) < 4.78 is 0. The highest BCUT2D eigenvalue weighted by Gasteiger charge is 1.85. The van der Waals surface area contributed by atoms with Crippen LogP contribution < -0.4 is 5.43 Å². The molecule has 2 rings (SSSR count). The summed E-state index contributed by atoms with van der Waals surface area (Å²) in [5.74, 6) is 0. The van der Waals surface area contributed by atoms with E-state index < -0.39 is 0 Å². The smallest absolute Gasteiger partial charge is 0.0875 e. The number of hydrogen-bond acceptors (Lipinski definition) is 2. The van der Waals surface area contributed by atoms with Crippen molar-refractivity contribution >= 4 is 11.4 Å². The molecule has 1 N–H and O–H groups in total. The van der Waals surface area contributed by atoms with Crippen molar-refractivity contribution in [2.45, 2.75) is 0 Å². The van der Waals surface area contributed by atoms with Gasteiger partial charge in [0.05, 0.1) is 11.4 Å². The van der Waals surface area contributed by atoms with Crippen LogP contribution in [-0.2, 0) is 0 Å². The number of para-hydroxylation sites is 1. The van der Waals surface area contributed by atoms with E-state index in [0.717, 1.165) is 11.4 Å². The average molecular weight is 225 g/mol. The molecule has 0 aliphatic heterocycles. The van der Waals surface area contributed by atoms with Crippen molar-refractivity contribution in [3.63, 3.8) is 0 Å². The number of benzene rings is 2. The Morgan fingerprint density at radius 1 is 0.706 bits per heavy atom. The summed E-state index contributed by atoms with van der Waals surface area (Å²) in [6, 6.07) is 18.9. The van der Waals surface area contributed by atoms with E-state index >= 15 is 0 Å². The van der Waals surface area contributed by atoms with Crippen LogP contribution in [0, 0.1) is 0 Å². The minimum Gasteiger partial charge on any atom is -0.258 e. The minimum absolute atomic E-state index is 0.742. The van der Waals surface area contributed by atoms with E-state index in [4.69, 9.17) is 0 Å². The Balaban J connectivity index is 1.85. The highest BCUT2D eigenvalue weighted by atomic mass is 15.6. The zero-order valence-electron chi connectivity index (χ0n) is 9.06. The fraction of sp³-hybridized carbons (Fsp3) is 0. The summed E-state index contributed by atoms with van der Waals surface area (Å²) in [5.41, 5.74) is 4.33. The fourth-order valence-corrected chi connectivity index (χ4v) is 1.18. The van der Waals surface area contributed by atoms with Crippen molar-refractivity contribution in [3.05, 3.63) is 60.7 Å². The molecule has 0 aliphatic rings. The van der Waals surface area contributed by atoms with E-state index in [2.05, 4.69) is 26.2 Å². The van der Waals surface area contributed by atoms with Gasteiger partial charge in [-0.25, -0.2) is 0 Å². The largest absolute Gasteiger partial charge is 0.258 e. The van der Waals surface area contributed by atoms with Crippen molar-refractivity contribution in [2.75, 3.05) is 5.43 Å². The fourth-order valence-electron chi connectivity index (χ4n) is 1.18. The van der Waals surface area contributed by atoms with Gasteiger partial charge in [-0.2, -0.15) is 0 Å². The van der Waals surface area contributed by atoms with Crippen molar-refractivity contribution in [1.82, 2.24) is 0 Å². The van der Waals surface area contributed by atoms with Crippen LogP contribution in [0.2, 0.25) is 0 Å². The molecule has 17 heavy (non-hydrogen) atoms. The van der Waals surface area contributed by atoms with E-state index in [1.807, 2.05) is 60.7 Å². The first-order chi connectivity index (χ1) is 8.45. The molecule has 0 saturated heterocycles. The van der Waals surface area contributed by atoms with E-state index in [-0.39, 0.29) is 0 Å². The van der Waals surface area contributed by atoms with Crippen LogP contribution in [0.15, 0.2) is 81.4 Å². The predicted molar refractivity (Wildman–Crippen MR) is 65.9 cm³/mol. The highest BCUT2D eigenvalue weighted by Crippen LogP contribution is 2.10. The summed E-state index contributed by atoms with van der Waals surface area (Å²) in [6.45, 7) is 0. The molecule has 5 heteroatoms. The van der Waals surface area contributed by atoms with E-state index in [1.54, 1.807) is 0 Å². The Bertz CT molecular complexity index is 493. The zero-order valence-corrected chi connectivity index (χ0v) is 9.06. The van der Waals surface area contributed by atoms with Gasteiger partial charge in [-0.1, -0.05) is 36.4 Å². The van der Waals surface area contributed by atoms with Gasteiger partial charge in [0.1, 0.15) is 0 Å². The van der Waals surface area contributed by atoms with E-state index in [0.29, 0.717) is 0 Å². The second-order valence-electron chi connectivity index (χ2n) is 3.19. The van der Waals surface area contributed by atoms with Crippen LogP contribution in [0.1, 0.15) is 0 Å². The van der Waals surface area contributed by atoms with Gasteiger partial charge in [-0.15, -0.1) is 5.11 Å². The third kappa shape index (κ3) is 3.83. The number of anilines is 1. The Morgan fingerprint density at radius 3 is 2.06 bits per heavy atom. The predicted octanol–water partition coefficient (Wildman–Crippen LogP) is 4.16. The molecule has 2 aromatic carbocycles. The van der Waals surface area contributed by atoms with Crippen molar-refractivity contribution < 1.29 is 0 Å². The van der Waals surface area contributed by atoms with Gasteiger partial charge in [0.15, 0.2) is 0 Å². The molecule has 0 aliphatic carbocycles. The number of rotatable bonds is 4. The van der Waals surface area contributed by atoms with Crippen LogP contribution in [0.4, 0.5) is 11.4 Å². The average Bonchev–Trinajstić information content (AvgIpc) is 2.41. The molecule has 84 valence electrons. The van der Waals surface area contributed by atoms with Crippen molar-refractivity contribution in [2.24, 2.45) is 20.8 Å². The molecule has 0 amide bonds. The molecule has 2 aromatic rings. The third-order valence-electron chi connectivity index (χ3n) is 1.95. The van der Waals surface area contributed by atoms with Gasteiger partial charge in [0.25, 0.3) is 0 Å². The summed E-state index contributed by atoms with van der Waals surface area (Å²) in [7, 11) is 0. The SMILES string of the molecule is c1ccc(N=NN=NNc2ccccc2)cc1. The molecule has 0 heterocycles. The van der Waals surface area contributed by atoms with Crippen LogP contribution >= 0.6 is 0 Å². The van der Waals surface area contributed by atoms with Crippen LogP contribution in [0.25, 0.3) is 0 Å². The van der Waals surface area contributed by atoms with Crippen LogP contribution in [0.3, 0.4) is 0 Å². The number of nitrogens with one attached hydrogen (secondary N) is 1. The number of nitrogens with zero attached hydrogens (tertiary/aromatic N) is 4. The molecule has 0 spiro atoms. The van der Waals surface area contributed by atoms with Crippen LogP contribution in [-0.4, -0.2) is 0 Å². The highest BCUT2D eigenvalue weighted by molar-refractivity contribution is 5.41. The molecule has 0 radical (unpaired) electrons. The lowest BCUT2D eigenvalue weighted by Gasteiger charge is -1.94. The molecule has 5 nitrogen and oxygen atoms in total. The first-order valence-corrected chi connectivity index (χ1v) is 5.12. The summed E-state index contributed by atoms with van der Waals surface area (Å²) in [4.78, 5) is 0. The number of hydrogen-bond donors (Lipinski definition) is 1. The quantitative estimate of drug-likeness (QED) is 0.616. The van der Waals surface area contributed by atoms with E-state index in [1.165, 1.54) is 0 Å². The summed E-state index contributed by atoms with van der Waals surface area (Å²) >= 11 is 0. The standard InChI is InChI=1S/C12H11N5/c1-3-7-11(8-4-1)13-15-17-16-14-12-9-5-2-6-10-12/h1-10H,(H,13,14,17). The van der Waals surface area contributed by atoms with Gasteiger partial charge in [0.2, 0.25) is 0 Å². The Labute approximate surface area is 98.9 Å². The molecule has 0 fully saturated rings. The van der Waals surface area contributed by atoms with Crippen molar-refractivity contribution in [1.29, 1.82) is 0 Å². The Kier molecular flexibility index (Phi) is 3.94. The molecule has 0 aromatic heterocycles. The molecule has 0 atom stereocenters. The van der Waals surface area contributed by atoms with E-state index in [9.17, 15) is 0 Å². The normalized spacial score (nSPS) is 11.1. The maximum absolute atomic E-state index is 3.86. The minimum atomic E-state index is 0.742. The first-order valence-electron chi connectivity index (χ1n) is 5.12. The zero-order chi connectivity index (χ0) is 11.8. The molecule has 0 bridgehead atoms. The molecule has 0 unspecified atom stereocenters. The summed E-state index contributed by atoms with van der Waals surface area (Å²) in [5, 5.41) is 14.6.